The molecular formula is C14H26N2O2. The molecule has 1 aromatic heterocycles. The molecule has 2 unspecified atom stereocenters. The molecule has 4 nitrogen and oxygen atoms in total. The number of aromatic nitrogens is 2. The van der Waals surface area contributed by atoms with E-state index in [1.165, 1.54) is 0 Å². The van der Waals surface area contributed by atoms with Gasteiger partial charge in [-0.15, -0.1) is 0 Å². The third-order valence-electron chi connectivity index (χ3n) is 3.82. The van der Waals surface area contributed by atoms with E-state index >= 15 is 0 Å². The average molecular weight is 254 g/mol. The van der Waals surface area contributed by atoms with Crippen LogP contribution in [0.3, 0.4) is 0 Å². The summed E-state index contributed by atoms with van der Waals surface area (Å²) in [7, 11) is 0. The maximum absolute atomic E-state index is 9.99. The fraction of sp³-hybridized carbons (Fsp3) is 0.786. The van der Waals surface area contributed by atoms with E-state index in [9.17, 15) is 10.2 Å². The largest absolute Gasteiger partial charge is 0.390 e. The number of nitrogens with zero attached hydrogens (tertiary/aromatic N) is 2. The van der Waals surface area contributed by atoms with Crippen LogP contribution in [0.25, 0.3) is 0 Å². The first-order valence-electron chi connectivity index (χ1n) is 6.89. The zero-order valence-electron chi connectivity index (χ0n) is 11.9. The molecule has 1 aromatic rings. The Kier molecular flexibility index (Phi) is 5.35. The summed E-state index contributed by atoms with van der Waals surface area (Å²) >= 11 is 0. The van der Waals surface area contributed by atoms with E-state index in [4.69, 9.17) is 0 Å². The second kappa shape index (κ2) is 6.34. The average Bonchev–Trinajstić information content (AvgIpc) is 2.79. The van der Waals surface area contributed by atoms with E-state index in [2.05, 4.69) is 18.9 Å². The molecule has 104 valence electrons. The Morgan fingerprint density at radius 2 is 1.94 bits per heavy atom. The van der Waals surface area contributed by atoms with Crippen LogP contribution < -0.4 is 0 Å². The van der Waals surface area contributed by atoms with E-state index in [0.717, 1.165) is 18.5 Å². The van der Waals surface area contributed by atoms with Crippen LogP contribution in [0.1, 0.15) is 58.7 Å². The molecule has 0 aliphatic heterocycles. The summed E-state index contributed by atoms with van der Waals surface area (Å²) in [5.41, 5.74) is -0.207. The molecular weight excluding hydrogens is 228 g/mol. The highest BCUT2D eigenvalue weighted by molar-refractivity contribution is 5.03. The maximum atomic E-state index is 9.99. The molecule has 0 amide bonds. The second-order valence-electron chi connectivity index (χ2n) is 5.19. The lowest BCUT2D eigenvalue weighted by Gasteiger charge is -2.27. The summed E-state index contributed by atoms with van der Waals surface area (Å²) in [4.78, 5) is 0. The van der Waals surface area contributed by atoms with Gasteiger partial charge in [0.2, 0.25) is 0 Å². The Morgan fingerprint density at radius 1 is 1.33 bits per heavy atom. The Bertz CT molecular complexity index is 356. The van der Waals surface area contributed by atoms with Gasteiger partial charge in [0.25, 0.3) is 0 Å². The molecule has 0 aromatic carbocycles. The molecule has 4 heteroatoms. The first-order chi connectivity index (χ1) is 8.44. The first-order valence-corrected chi connectivity index (χ1v) is 6.89. The van der Waals surface area contributed by atoms with Crippen LogP contribution in [0.15, 0.2) is 12.3 Å². The molecule has 1 rings (SSSR count). The maximum Gasteiger partial charge on any atom is 0.0880 e. The minimum absolute atomic E-state index is 0.397. The SMILES string of the molecule is CCC(CC)n1ccc(CC(O)C(C)(O)CC)n1. The highest BCUT2D eigenvalue weighted by Gasteiger charge is 2.28. The summed E-state index contributed by atoms with van der Waals surface area (Å²) in [5, 5.41) is 24.5. The van der Waals surface area contributed by atoms with E-state index in [-0.39, 0.29) is 0 Å². The van der Waals surface area contributed by atoms with Gasteiger partial charge in [0.15, 0.2) is 0 Å². The quantitative estimate of drug-likeness (QED) is 0.785. The molecule has 18 heavy (non-hydrogen) atoms. The topological polar surface area (TPSA) is 58.3 Å². The smallest absolute Gasteiger partial charge is 0.0880 e. The van der Waals surface area contributed by atoms with E-state index in [1.54, 1.807) is 6.92 Å². The van der Waals surface area contributed by atoms with E-state index in [0.29, 0.717) is 18.9 Å². The Balaban J connectivity index is 2.70. The van der Waals surface area contributed by atoms with E-state index < -0.39 is 11.7 Å². The van der Waals surface area contributed by atoms with Gasteiger partial charge in [-0.05, 0) is 32.3 Å². The Morgan fingerprint density at radius 3 is 2.44 bits per heavy atom. The van der Waals surface area contributed by atoms with Crippen LogP contribution in [0.5, 0.6) is 0 Å². The van der Waals surface area contributed by atoms with Crippen molar-refractivity contribution in [1.29, 1.82) is 0 Å². The van der Waals surface area contributed by atoms with Crippen LogP contribution in [-0.2, 0) is 6.42 Å². The molecule has 0 saturated heterocycles. The minimum atomic E-state index is -1.04. The highest BCUT2D eigenvalue weighted by atomic mass is 16.3. The monoisotopic (exact) mass is 254 g/mol. The van der Waals surface area contributed by atoms with Gasteiger partial charge in [-0.25, -0.2) is 0 Å². The zero-order valence-corrected chi connectivity index (χ0v) is 11.9. The summed E-state index contributed by atoms with van der Waals surface area (Å²) in [6.45, 7) is 7.82. The van der Waals surface area contributed by atoms with Crippen LogP contribution in [-0.4, -0.2) is 31.7 Å². The van der Waals surface area contributed by atoms with E-state index in [1.807, 2.05) is 23.9 Å². The van der Waals surface area contributed by atoms with Crippen molar-refractivity contribution in [2.45, 2.75) is 71.1 Å². The number of aliphatic hydroxyl groups is 2. The molecule has 0 spiro atoms. The molecule has 0 aliphatic rings. The highest BCUT2D eigenvalue weighted by Crippen LogP contribution is 2.19. The molecule has 1 heterocycles. The Hall–Kier alpha value is -0.870. The summed E-state index contributed by atoms with van der Waals surface area (Å²) < 4.78 is 1.96. The first kappa shape index (κ1) is 15.2. The van der Waals surface area contributed by atoms with Crippen LogP contribution >= 0.6 is 0 Å². The lowest BCUT2D eigenvalue weighted by molar-refractivity contribution is -0.0633. The lowest BCUT2D eigenvalue weighted by atomic mass is 9.93. The number of rotatable bonds is 7. The van der Waals surface area contributed by atoms with Gasteiger partial charge in [0.1, 0.15) is 0 Å². The molecule has 0 saturated carbocycles. The van der Waals surface area contributed by atoms with Crippen molar-refractivity contribution in [3.05, 3.63) is 18.0 Å². The predicted octanol–water partition coefficient (Wildman–Crippen LogP) is 2.31. The van der Waals surface area contributed by atoms with Crippen molar-refractivity contribution in [1.82, 2.24) is 9.78 Å². The third kappa shape index (κ3) is 3.56. The zero-order chi connectivity index (χ0) is 13.8. The van der Waals surface area contributed by atoms with Gasteiger partial charge in [-0.2, -0.15) is 5.10 Å². The van der Waals surface area contributed by atoms with Crippen molar-refractivity contribution in [2.75, 3.05) is 0 Å². The fourth-order valence-electron chi connectivity index (χ4n) is 2.01. The lowest BCUT2D eigenvalue weighted by Crippen LogP contribution is -2.40. The van der Waals surface area contributed by atoms with Crippen molar-refractivity contribution in [3.8, 4) is 0 Å². The summed E-state index contributed by atoms with van der Waals surface area (Å²) in [6, 6.07) is 2.34. The van der Waals surface area contributed by atoms with Gasteiger partial charge in [-0.3, -0.25) is 4.68 Å². The van der Waals surface area contributed by atoms with Gasteiger partial charge in [0.05, 0.1) is 23.4 Å². The molecule has 0 bridgehead atoms. The number of hydrogen-bond acceptors (Lipinski definition) is 3. The van der Waals surface area contributed by atoms with Gasteiger partial charge >= 0.3 is 0 Å². The number of hydrogen-bond donors (Lipinski definition) is 2. The van der Waals surface area contributed by atoms with Gasteiger partial charge < -0.3 is 10.2 Å². The number of aliphatic hydroxyl groups excluding tert-OH is 1. The van der Waals surface area contributed by atoms with Crippen LogP contribution in [0, 0.1) is 0 Å². The Labute approximate surface area is 110 Å². The van der Waals surface area contributed by atoms with Gasteiger partial charge in [-0.1, -0.05) is 20.8 Å². The van der Waals surface area contributed by atoms with Crippen molar-refractivity contribution in [3.63, 3.8) is 0 Å². The minimum Gasteiger partial charge on any atom is -0.390 e. The second-order valence-corrected chi connectivity index (χ2v) is 5.19. The van der Waals surface area contributed by atoms with Crippen molar-refractivity contribution < 1.29 is 10.2 Å². The molecule has 0 radical (unpaired) electrons. The van der Waals surface area contributed by atoms with Gasteiger partial charge in [0, 0.05) is 12.6 Å². The molecule has 2 atom stereocenters. The fourth-order valence-corrected chi connectivity index (χ4v) is 2.01. The third-order valence-corrected chi connectivity index (χ3v) is 3.82. The molecule has 0 fully saturated rings. The van der Waals surface area contributed by atoms with Crippen LogP contribution in [0.4, 0.5) is 0 Å². The van der Waals surface area contributed by atoms with Crippen molar-refractivity contribution in [2.24, 2.45) is 0 Å². The predicted molar refractivity (Wildman–Crippen MR) is 72.5 cm³/mol. The summed E-state index contributed by atoms with van der Waals surface area (Å²) in [5.74, 6) is 0. The summed E-state index contributed by atoms with van der Waals surface area (Å²) in [6.07, 6.45) is 4.21. The standard InChI is InChI=1S/C14H26N2O2/c1-5-12(6-2)16-9-8-11(15-16)10-13(17)14(4,18)7-3/h8-9,12-13,17-18H,5-7,10H2,1-4H3. The normalized spacial score (nSPS) is 16.8. The molecule has 2 N–H and O–H groups in total. The molecule has 0 aliphatic carbocycles. The van der Waals surface area contributed by atoms with Crippen LogP contribution in [0.2, 0.25) is 0 Å². The van der Waals surface area contributed by atoms with Crippen molar-refractivity contribution >= 4 is 0 Å².